The lowest BCUT2D eigenvalue weighted by atomic mass is 9.94. The summed E-state index contributed by atoms with van der Waals surface area (Å²) in [5.41, 5.74) is 0.150. The molecule has 114 valence electrons. The predicted octanol–water partition coefficient (Wildman–Crippen LogP) is 4.68. The van der Waals surface area contributed by atoms with Crippen molar-refractivity contribution < 1.29 is 4.74 Å². The van der Waals surface area contributed by atoms with E-state index in [4.69, 9.17) is 4.74 Å². The fourth-order valence-corrected chi connectivity index (χ4v) is 3.09. The lowest BCUT2D eigenvalue weighted by Crippen LogP contribution is -2.43. The van der Waals surface area contributed by atoms with E-state index in [-0.39, 0.29) is 5.60 Å². The minimum atomic E-state index is 0.150. The van der Waals surface area contributed by atoms with Crippen LogP contribution in [0.25, 0.3) is 0 Å². The average molecular weight is 269 g/mol. The normalized spacial score (nSPS) is 19.3. The molecule has 0 radical (unpaired) electrons. The maximum atomic E-state index is 6.37. The second kappa shape index (κ2) is 10.7. The van der Waals surface area contributed by atoms with Crippen LogP contribution in [0.3, 0.4) is 0 Å². The third kappa shape index (κ3) is 7.31. The first-order valence-electron chi connectivity index (χ1n) is 8.67. The van der Waals surface area contributed by atoms with Crippen LogP contribution in [0, 0.1) is 0 Å². The molecule has 1 aliphatic carbocycles. The molecular weight excluding hydrogens is 234 g/mol. The van der Waals surface area contributed by atoms with E-state index in [2.05, 4.69) is 19.2 Å². The maximum Gasteiger partial charge on any atom is 0.0806 e. The van der Waals surface area contributed by atoms with E-state index in [0.717, 1.165) is 19.7 Å². The first-order chi connectivity index (χ1) is 9.33. The molecule has 1 rings (SSSR count). The largest absolute Gasteiger partial charge is 0.374 e. The summed E-state index contributed by atoms with van der Waals surface area (Å²) in [6.07, 6.45) is 14.7. The first-order valence-corrected chi connectivity index (χ1v) is 8.67. The highest BCUT2D eigenvalue weighted by molar-refractivity contribution is 4.85. The van der Waals surface area contributed by atoms with Crippen molar-refractivity contribution in [1.29, 1.82) is 0 Å². The van der Waals surface area contributed by atoms with Gasteiger partial charge in [-0.05, 0) is 25.8 Å². The highest BCUT2D eigenvalue weighted by Gasteiger charge is 2.31. The van der Waals surface area contributed by atoms with Crippen molar-refractivity contribution in [1.82, 2.24) is 5.32 Å². The molecule has 0 saturated heterocycles. The van der Waals surface area contributed by atoms with Gasteiger partial charge in [0.2, 0.25) is 0 Å². The van der Waals surface area contributed by atoms with Crippen molar-refractivity contribution in [2.75, 3.05) is 19.7 Å². The molecule has 0 aromatic carbocycles. The Morgan fingerprint density at radius 2 is 1.58 bits per heavy atom. The van der Waals surface area contributed by atoms with Gasteiger partial charge < -0.3 is 10.1 Å². The van der Waals surface area contributed by atoms with E-state index < -0.39 is 0 Å². The van der Waals surface area contributed by atoms with Crippen molar-refractivity contribution in [3.05, 3.63) is 0 Å². The smallest absolute Gasteiger partial charge is 0.0806 e. The fraction of sp³-hybridized carbons (Fsp3) is 1.00. The third-order valence-electron chi connectivity index (χ3n) is 4.37. The zero-order chi connectivity index (χ0) is 13.8. The molecule has 0 unspecified atom stereocenters. The second-order valence-electron chi connectivity index (χ2n) is 6.14. The Hall–Kier alpha value is -0.0800. The zero-order valence-electron chi connectivity index (χ0n) is 13.3. The number of ether oxygens (including phenoxy) is 1. The summed E-state index contributed by atoms with van der Waals surface area (Å²) in [6, 6.07) is 0. The van der Waals surface area contributed by atoms with Crippen LogP contribution in [0.1, 0.15) is 84.5 Å². The van der Waals surface area contributed by atoms with Crippen LogP contribution in [0.5, 0.6) is 0 Å². The summed E-state index contributed by atoms with van der Waals surface area (Å²) in [6.45, 7) is 7.54. The molecule has 1 saturated carbocycles. The van der Waals surface area contributed by atoms with Crippen LogP contribution in [0.4, 0.5) is 0 Å². The van der Waals surface area contributed by atoms with Gasteiger partial charge in [0.25, 0.3) is 0 Å². The molecule has 0 spiro atoms. The molecule has 0 bridgehead atoms. The van der Waals surface area contributed by atoms with E-state index >= 15 is 0 Å². The molecule has 19 heavy (non-hydrogen) atoms. The molecule has 1 aliphatic rings. The lowest BCUT2D eigenvalue weighted by molar-refractivity contribution is -0.0560. The summed E-state index contributed by atoms with van der Waals surface area (Å²) in [5, 5.41) is 3.52. The number of unbranched alkanes of at least 4 members (excludes halogenated alkanes) is 4. The highest BCUT2D eigenvalue weighted by Crippen LogP contribution is 2.30. The van der Waals surface area contributed by atoms with Gasteiger partial charge in [-0.1, -0.05) is 65.2 Å². The molecule has 0 amide bonds. The summed E-state index contributed by atoms with van der Waals surface area (Å²) in [5.74, 6) is 0. The van der Waals surface area contributed by atoms with Gasteiger partial charge in [0.15, 0.2) is 0 Å². The van der Waals surface area contributed by atoms with Crippen LogP contribution >= 0.6 is 0 Å². The minimum Gasteiger partial charge on any atom is -0.374 e. The van der Waals surface area contributed by atoms with Gasteiger partial charge in [-0.3, -0.25) is 0 Å². The van der Waals surface area contributed by atoms with Crippen LogP contribution in [-0.4, -0.2) is 25.3 Å². The average Bonchev–Trinajstić information content (AvgIpc) is 2.67. The third-order valence-corrected chi connectivity index (χ3v) is 4.37. The Labute approximate surface area is 120 Å². The lowest BCUT2D eigenvalue weighted by Gasteiger charge is -2.33. The highest BCUT2D eigenvalue weighted by atomic mass is 16.5. The monoisotopic (exact) mass is 269 g/mol. The summed E-state index contributed by atoms with van der Waals surface area (Å²) in [7, 11) is 0. The van der Waals surface area contributed by atoms with Gasteiger partial charge in [0.05, 0.1) is 5.60 Å². The molecule has 0 atom stereocenters. The first kappa shape index (κ1) is 17.0. The number of hydrogen-bond acceptors (Lipinski definition) is 2. The molecular formula is C17H35NO. The number of rotatable bonds is 10. The van der Waals surface area contributed by atoms with Gasteiger partial charge in [-0.2, -0.15) is 0 Å². The SMILES string of the molecule is CCCCCCCOC1(CNCC)CCCCCC1. The maximum absolute atomic E-state index is 6.37. The van der Waals surface area contributed by atoms with Gasteiger partial charge >= 0.3 is 0 Å². The van der Waals surface area contributed by atoms with E-state index in [1.807, 2.05) is 0 Å². The van der Waals surface area contributed by atoms with Crippen molar-refractivity contribution in [3.63, 3.8) is 0 Å². The Bertz CT molecular complexity index is 197. The summed E-state index contributed by atoms with van der Waals surface area (Å²) >= 11 is 0. The van der Waals surface area contributed by atoms with E-state index in [9.17, 15) is 0 Å². The molecule has 0 aliphatic heterocycles. The second-order valence-corrected chi connectivity index (χ2v) is 6.14. The standard InChI is InChI=1S/C17H35NO/c1-3-5-6-9-12-15-19-17(16-18-4-2)13-10-7-8-11-14-17/h18H,3-16H2,1-2H3. The Kier molecular flexibility index (Phi) is 9.54. The molecule has 0 aromatic rings. The van der Waals surface area contributed by atoms with Gasteiger partial charge in [0, 0.05) is 13.2 Å². The molecule has 2 heteroatoms. The fourth-order valence-electron chi connectivity index (χ4n) is 3.09. The Balaban J connectivity index is 2.27. The minimum absolute atomic E-state index is 0.150. The van der Waals surface area contributed by atoms with Crippen molar-refractivity contribution in [2.24, 2.45) is 0 Å². The van der Waals surface area contributed by atoms with E-state index in [1.54, 1.807) is 0 Å². The van der Waals surface area contributed by atoms with Gasteiger partial charge in [-0.15, -0.1) is 0 Å². The topological polar surface area (TPSA) is 21.3 Å². The van der Waals surface area contributed by atoms with Crippen LogP contribution in [-0.2, 0) is 4.74 Å². The molecule has 1 N–H and O–H groups in total. The summed E-state index contributed by atoms with van der Waals surface area (Å²) < 4.78 is 6.37. The molecule has 0 heterocycles. The van der Waals surface area contributed by atoms with Crippen LogP contribution in [0.2, 0.25) is 0 Å². The quantitative estimate of drug-likeness (QED) is 0.459. The summed E-state index contributed by atoms with van der Waals surface area (Å²) in [4.78, 5) is 0. The van der Waals surface area contributed by atoms with E-state index in [1.165, 1.54) is 70.6 Å². The number of nitrogens with one attached hydrogen (secondary N) is 1. The van der Waals surface area contributed by atoms with Crippen LogP contribution in [0.15, 0.2) is 0 Å². The van der Waals surface area contributed by atoms with Gasteiger partial charge in [0.1, 0.15) is 0 Å². The molecule has 0 aromatic heterocycles. The van der Waals surface area contributed by atoms with Crippen LogP contribution < -0.4 is 5.32 Å². The van der Waals surface area contributed by atoms with E-state index in [0.29, 0.717) is 0 Å². The van der Waals surface area contributed by atoms with Crippen molar-refractivity contribution >= 4 is 0 Å². The Morgan fingerprint density at radius 3 is 2.21 bits per heavy atom. The Morgan fingerprint density at radius 1 is 0.895 bits per heavy atom. The predicted molar refractivity (Wildman–Crippen MR) is 83.7 cm³/mol. The zero-order valence-corrected chi connectivity index (χ0v) is 13.3. The number of hydrogen-bond donors (Lipinski definition) is 1. The van der Waals surface area contributed by atoms with Crippen molar-refractivity contribution in [2.45, 2.75) is 90.1 Å². The molecule has 1 fully saturated rings. The molecule has 2 nitrogen and oxygen atoms in total. The van der Waals surface area contributed by atoms with Crippen molar-refractivity contribution in [3.8, 4) is 0 Å². The number of likely N-dealkylation sites (N-methyl/N-ethyl adjacent to an activating group) is 1. The van der Waals surface area contributed by atoms with Gasteiger partial charge in [-0.25, -0.2) is 0 Å².